The van der Waals surface area contributed by atoms with Gasteiger partial charge >= 0.3 is 5.97 Å². The molecule has 0 saturated heterocycles. The van der Waals surface area contributed by atoms with Gasteiger partial charge in [-0.2, -0.15) is 0 Å². The van der Waals surface area contributed by atoms with Gasteiger partial charge in [-0.15, -0.1) is 0 Å². The van der Waals surface area contributed by atoms with Crippen molar-refractivity contribution in [3.8, 4) is 5.75 Å². The molecule has 26 heavy (non-hydrogen) atoms. The van der Waals surface area contributed by atoms with Crippen LogP contribution in [0.25, 0.3) is 0 Å². The smallest absolute Gasteiger partial charge is 0.309 e. The Bertz CT molecular complexity index is 618. The largest absolute Gasteiger partial charge is 0.493 e. The first kappa shape index (κ1) is 21.5. The van der Waals surface area contributed by atoms with Gasteiger partial charge in [-0.3, -0.25) is 14.4 Å². The highest BCUT2D eigenvalue weighted by atomic mass is 16.5. The van der Waals surface area contributed by atoms with Gasteiger partial charge in [-0.25, -0.2) is 0 Å². The van der Waals surface area contributed by atoms with E-state index >= 15 is 0 Å². The predicted octanol–water partition coefficient (Wildman–Crippen LogP) is 1.50. The number of amides is 2. The van der Waals surface area contributed by atoms with Crippen molar-refractivity contribution in [2.45, 2.75) is 32.6 Å². The van der Waals surface area contributed by atoms with E-state index < -0.39 is 18.5 Å². The summed E-state index contributed by atoms with van der Waals surface area (Å²) in [5.74, 6) is -0.626. The molecule has 0 aliphatic carbocycles. The van der Waals surface area contributed by atoms with Crippen LogP contribution in [-0.2, 0) is 24.5 Å². The quantitative estimate of drug-likeness (QED) is 0.707. The lowest BCUT2D eigenvalue weighted by molar-refractivity contribution is -0.149. The van der Waals surface area contributed by atoms with Crippen molar-refractivity contribution < 1.29 is 23.9 Å². The SMILES string of the molecule is CN(C)C(=O)CNC(=O)COC(=O)CCOc1ccc(C(C)(C)C)cc1. The Morgan fingerprint density at radius 3 is 2.23 bits per heavy atom. The molecule has 1 rings (SSSR count). The van der Waals surface area contributed by atoms with Gasteiger partial charge in [0.2, 0.25) is 5.91 Å². The van der Waals surface area contributed by atoms with Crippen molar-refractivity contribution in [3.05, 3.63) is 29.8 Å². The highest BCUT2D eigenvalue weighted by molar-refractivity contribution is 5.86. The van der Waals surface area contributed by atoms with Crippen LogP contribution in [-0.4, -0.2) is 56.5 Å². The van der Waals surface area contributed by atoms with E-state index in [4.69, 9.17) is 9.47 Å². The number of ether oxygens (including phenoxy) is 2. The Morgan fingerprint density at radius 1 is 1.08 bits per heavy atom. The highest BCUT2D eigenvalue weighted by Gasteiger charge is 2.13. The zero-order chi connectivity index (χ0) is 19.7. The molecule has 0 aliphatic rings. The van der Waals surface area contributed by atoms with Crippen LogP contribution in [0, 0.1) is 0 Å². The lowest BCUT2D eigenvalue weighted by Gasteiger charge is -2.19. The van der Waals surface area contributed by atoms with E-state index in [1.54, 1.807) is 14.1 Å². The fourth-order valence-electron chi connectivity index (χ4n) is 1.90. The van der Waals surface area contributed by atoms with Crippen molar-refractivity contribution in [3.63, 3.8) is 0 Å². The number of likely N-dealkylation sites (N-methyl/N-ethyl adjacent to an activating group) is 1. The van der Waals surface area contributed by atoms with Crippen LogP contribution in [0.4, 0.5) is 0 Å². The number of hydrogen-bond donors (Lipinski definition) is 1. The van der Waals surface area contributed by atoms with Crippen molar-refractivity contribution >= 4 is 17.8 Å². The Balaban J connectivity index is 2.24. The van der Waals surface area contributed by atoms with Crippen LogP contribution in [0.2, 0.25) is 0 Å². The first-order valence-corrected chi connectivity index (χ1v) is 8.45. The molecule has 144 valence electrons. The zero-order valence-electron chi connectivity index (χ0n) is 16.1. The number of nitrogens with one attached hydrogen (secondary N) is 1. The summed E-state index contributed by atoms with van der Waals surface area (Å²) in [6, 6.07) is 7.71. The summed E-state index contributed by atoms with van der Waals surface area (Å²) in [6.07, 6.45) is 0.0327. The van der Waals surface area contributed by atoms with Crippen molar-refractivity contribution in [2.24, 2.45) is 0 Å². The molecule has 0 bridgehead atoms. The van der Waals surface area contributed by atoms with Gasteiger partial charge in [0.25, 0.3) is 5.91 Å². The Morgan fingerprint density at radius 2 is 1.69 bits per heavy atom. The van der Waals surface area contributed by atoms with E-state index in [0.29, 0.717) is 5.75 Å². The van der Waals surface area contributed by atoms with Gasteiger partial charge in [0.15, 0.2) is 6.61 Å². The third-order valence-corrected chi connectivity index (χ3v) is 3.60. The Hall–Kier alpha value is -2.57. The molecule has 0 saturated carbocycles. The molecule has 0 aliphatic heterocycles. The number of esters is 1. The molecule has 1 N–H and O–H groups in total. The summed E-state index contributed by atoms with van der Waals surface area (Å²) in [5.41, 5.74) is 1.27. The average Bonchev–Trinajstić information content (AvgIpc) is 2.57. The highest BCUT2D eigenvalue weighted by Crippen LogP contribution is 2.24. The number of hydrogen-bond acceptors (Lipinski definition) is 5. The van der Waals surface area contributed by atoms with E-state index in [1.165, 1.54) is 10.5 Å². The molecular weight excluding hydrogens is 336 g/mol. The minimum atomic E-state index is -0.537. The zero-order valence-corrected chi connectivity index (χ0v) is 16.1. The van der Waals surface area contributed by atoms with E-state index in [2.05, 4.69) is 26.1 Å². The normalized spacial score (nSPS) is 10.8. The van der Waals surface area contributed by atoms with E-state index in [1.807, 2.05) is 24.3 Å². The molecule has 0 unspecified atom stereocenters. The predicted molar refractivity (Wildman–Crippen MR) is 97.9 cm³/mol. The number of carbonyl (C=O) groups excluding carboxylic acids is 3. The second-order valence-electron chi connectivity index (χ2n) is 7.10. The number of nitrogens with zero attached hydrogens (tertiary/aromatic N) is 1. The van der Waals surface area contributed by atoms with Crippen LogP contribution in [0.3, 0.4) is 0 Å². The summed E-state index contributed by atoms with van der Waals surface area (Å²) in [6.45, 7) is 6.01. The second kappa shape index (κ2) is 9.79. The van der Waals surface area contributed by atoms with Crippen LogP contribution >= 0.6 is 0 Å². The lowest BCUT2D eigenvalue weighted by Crippen LogP contribution is -2.38. The van der Waals surface area contributed by atoms with Gasteiger partial charge in [-0.05, 0) is 23.1 Å². The molecule has 0 spiro atoms. The number of carbonyl (C=O) groups is 3. The van der Waals surface area contributed by atoms with E-state index in [-0.39, 0.29) is 30.9 Å². The third-order valence-electron chi connectivity index (χ3n) is 3.60. The maximum absolute atomic E-state index is 11.6. The summed E-state index contributed by atoms with van der Waals surface area (Å²) in [4.78, 5) is 35.8. The Labute approximate surface area is 154 Å². The molecule has 0 radical (unpaired) electrons. The third kappa shape index (κ3) is 8.00. The minimum absolute atomic E-state index is 0.0327. The molecule has 7 nitrogen and oxygen atoms in total. The molecule has 2 amide bonds. The monoisotopic (exact) mass is 364 g/mol. The summed E-state index contributed by atoms with van der Waals surface area (Å²) in [7, 11) is 3.18. The van der Waals surface area contributed by atoms with Gasteiger partial charge in [-0.1, -0.05) is 32.9 Å². The first-order valence-electron chi connectivity index (χ1n) is 8.45. The van der Waals surface area contributed by atoms with Gasteiger partial charge in [0.05, 0.1) is 19.6 Å². The maximum atomic E-state index is 11.6. The molecular formula is C19H28N2O5. The van der Waals surface area contributed by atoms with Crippen molar-refractivity contribution in [1.82, 2.24) is 10.2 Å². The molecule has 0 atom stereocenters. The maximum Gasteiger partial charge on any atom is 0.309 e. The van der Waals surface area contributed by atoms with Gasteiger partial charge in [0.1, 0.15) is 5.75 Å². The second-order valence-corrected chi connectivity index (χ2v) is 7.10. The fourth-order valence-corrected chi connectivity index (χ4v) is 1.90. The molecule has 0 heterocycles. The summed E-state index contributed by atoms with van der Waals surface area (Å²) < 4.78 is 10.3. The molecule has 0 fully saturated rings. The standard InChI is InChI=1S/C19H28N2O5/c1-19(2,3)14-6-8-15(9-7-14)25-11-10-18(24)26-13-16(22)20-12-17(23)21(4)5/h6-9H,10-13H2,1-5H3,(H,20,22). The van der Waals surface area contributed by atoms with Gasteiger partial charge in [0, 0.05) is 14.1 Å². The van der Waals surface area contributed by atoms with E-state index in [9.17, 15) is 14.4 Å². The number of benzene rings is 1. The fraction of sp³-hybridized carbons (Fsp3) is 0.526. The van der Waals surface area contributed by atoms with Crippen LogP contribution in [0.15, 0.2) is 24.3 Å². The summed E-state index contributed by atoms with van der Waals surface area (Å²) in [5, 5.41) is 2.38. The average molecular weight is 364 g/mol. The first-order chi connectivity index (χ1) is 12.1. The van der Waals surface area contributed by atoms with E-state index in [0.717, 1.165) is 0 Å². The topological polar surface area (TPSA) is 84.9 Å². The van der Waals surface area contributed by atoms with Gasteiger partial charge < -0.3 is 19.7 Å². The van der Waals surface area contributed by atoms with Crippen LogP contribution in [0.5, 0.6) is 5.75 Å². The lowest BCUT2D eigenvalue weighted by atomic mass is 9.87. The number of rotatable bonds is 8. The molecule has 1 aromatic rings. The van der Waals surface area contributed by atoms with Crippen LogP contribution in [0.1, 0.15) is 32.8 Å². The van der Waals surface area contributed by atoms with Crippen molar-refractivity contribution in [1.29, 1.82) is 0 Å². The summed E-state index contributed by atoms with van der Waals surface area (Å²) >= 11 is 0. The Kier molecular flexibility index (Phi) is 8.09. The molecule has 7 heteroatoms. The molecule has 0 aromatic heterocycles. The minimum Gasteiger partial charge on any atom is -0.493 e. The van der Waals surface area contributed by atoms with Crippen molar-refractivity contribution in [2.75, 3.05) is 33.9 Å². The molecule has 1 aromatic carbocycles. The van der Waals surface area contributed by atoms with Crippen LogP contribution < -0.4 is 10.1 Å².